The molecule has 2 aliphatic heterocycles. The quantitative estimate of drug-likeness (QED) is 0.819. The SMILES string of the molecule is CCC(C)C(=O)N1C[C@@H]2OCCN(C(=O)c3cccc(NC(=O)NC)c3)[C@@H]2C1. The molecule has 4 amide bonds. The summed E-state index contributed by atoms with van der Waals surface area (Å²) in [6.07, 6.45) is 0.636. The van der Waals surface area contributed by atoms with Crippen molar-refractivity contribution < 1.29 is 19.1 Å². The van der Waals surface area contributed by atoms with Crippen LogP contribution in [0, 0.1) is 5.92 Å². The molecule has 152 valence electrons. The Kier molecular flexibility index (Phi) is 6.18. The number of rotatable bonds is 4. The van der Waals surface area contributed by atoms with E-state index < -0.39 is 0 Å². The zero-order valence-corrected chi connectivity index (χ0v) is 16.6. The number of hydrogen-bond donors (Lipinski definition) is 2. The predicted molar refractivity (Wildman–Crippen MR) is 105 cm³/mol. The van der Waals surface area contributed by atoms with Gasteiger partial charge in [-0.3, -0.25) is 9.59 Å². The van der Waals surface area contributed by atoms with Crippen molar-refractivity contribution >= 4 is 23.5 Å². The average molecular weight is 388 g/mol. The number of fused-ring (bicyclic) bond motifs is 1. The summed E-state index contributed by atoms with van der Waals surface area (Å²) in [4.78, 5) is 40.9. The van der Waals surface area contributed by atoms with Gasteiger partial charge < -0.3 is 25.2 Å². The molecule has 28 heavy (non-hydrogen) atoms. The molecule has 1 aromatic carbocycles. The second-order valence-electron chi connectivity index (χ2n) is 7.31. The number of hydrogen-bond acceptors (Lipinski definition) is 4. The highest BCUT2D eigenvalue weighted by Gasteiger charge is 2.44. The van der Waals surface area contributed by atoms with Crippen LogP contribution < -0.4 is 10.6 Å². The molecular formula is C20H28N4O4. The van der Waals surface area contributed by atoms with Crippen LogP contribution >= 0.6 is 0 Å². The van der Waals surface area contributed by atoms with E-state index in [-0.39, 0.29) is 35.9 Å². The first kappa shape index (κ1) is 20.1. The number of ether oxygens (including phenoxy) is 1. The van der Waals surface area contributed by atoms with Crippen molar-refractivity contribution in [3.05, 3.63) is 29.8 Å². The lowest BCUT2D eigenvalue weighted by Gasteiger charge is -2.36. The number of morpholine rings is 1. The van der Waals surface area contributed by atoms with E-state index in [1.807, 2.05) is 18.7 Å². The van der Waals surface area contributed by atoms with E-state index in [1.165, 1.54) is 7.05 Å². The number of carbonyl (C=O) groups excluding carboxylic acids is 3. The third-order valence-corrected chi connectivity index (χ3v) is 5.50. The molecule has 1 unspecified atom stereocenters. The second-order valence-corrected chi connectivity index (χ2v) is 7.31. The lowest BCUT2D eigenvalue weighted by molar-refractivity contribution is -0.134. The van der Waals surface area contributed by atoms with Crippen LogP contribution in [0.1, 0.15) is 30.6 Å². The Hall–Kier alpha value is -2.61. The summed E-state index contributed by atoms with van der Waals surface area (Å²) < 4.78 is 5.85. The van der Waals surface area contributed by atoms with Gasteiger partial charge in [0.05, 0.1) is 18.8 Å². The second kappa shape index (κ2) is 8.60. The van der Waals surface area contributed by atoms with Gasteiger partial charge in [-0.2, -0.15) is 0 Å². The minimum absolute atomic E-state index is 0.0308. The molecule has 1 aromatic rings. The van der Waals surface area contributed by atoms with Gasteiger partial charge in [-0.05, 0) is 24.6 Å². The van der Waals surface area contributed by atoms with E-state index in [0.717, 1.165) is 6.42 Å². The summed E-state index contributed by atoms with van der Waals surface area (Å²) in [6.45, 7) is 5.88. The van der Waals surface area contributed by atoms with Gasteiger partial charge in [0.2, 0.25) is 5.91 Å². The largest absolute Gasteiger partial charge is 0.372 e. The fourth-order valence-corrected chi connectivity index (χ4v) is 3.70. The van der Waals surface area contributed by atoms with Crippen LogP contribution in [0.5, 0.6) is 0 Å². The molecule has 2 N–H and O–H groups in total. The highest BCUT2D eigenvalue weighted by Crippen LogP contribution is 2.26. The maximum absolute atomic E-state index is 13.2. The van der Waals surface area contributed by atoms with Crippen molar-refractivity contribution in [3.8, 4) is 0 Å². The fourth-order valence-electron chi connectivity index (χ4n) is 3.70. The van der Waals surface area contributed by atoms with Crippen LogP contribution in [0.2, 0.25) is 0 Å². The number of likely N-dealkylation sites (tertiary alicyclic amines) is 1. The number of nitrogens with zero attached hydrogens (tertiary/aromatic N) is 2. The Morgan fingerprint density at radius 3 is 2.79 bits per heavy atom. The van der Waals surface area contributed by atoms with Crippen LogP contribution in [0.4, 0.5) is 10.5 Å². The minimum atomic E-state index is -0.342. The molecule has 2 heterocycles. The summed E-state index contributed by atoms with van der Waals surface area (Å²) in [5.74, 6) is -0.0295. The normalized spacial score (nSPS) is 22.4. The highest BCUT2D eigenvalue weighted by molar-refractivity contribution is 5.97. The van der Waals surface area contributed by atoms with E-state index in [9.17, 15) is 14.4 Å². The van der Waals surface area contributed by atoms with Crippen LogP contribution in [0.3, 0.4) is 0 Å². The van der Waals surface area contributed by atoms with E-state index in [2.05, 4.69) is 10.6 Å². The number of amides is 4. The van der Waals surface area contributed by atoms with Gasteiger partial charge in [0.15, 0.2) is 0 Å². The lowest BCUT2D eigenvalue weighted by Crippen LogP contribution is -2.53. The standard InChI is InChI=1S/C20H28N4O4/c1-4-13(2)18(25)23-11-16-17(12-23)28-9-8-24(16)19(26)14-6-5-7-15(10-14)22-20(27)21-3/h5-7,10,13,16-17H,4,8-9,11-12H2,1-3H3,(H2,21,22,27)/t13?,16-,17+/m1/s1. The van der Waals surface area contributed by atoms with Gasteiger partial charge in [-0.15, -0.1) is 0 Å². The maximum Gasteiger partial charge on any atom is 0.318 e. The van der Waals surface area contributed by atoms with E-state index in [1.54, 1.807) is 29.2 Å². The minimum Gasteiger partial charge on any atom is -0.372 e. The molecule has 2 aliphatic rings. The zero-order valence-electron chi connectivity index (χ0n) is 16.6. The molecule has 0 radical (unpaired) electrons. The summed E-state index contributed by atoms with van der Waals surface area (Å²) in [6, 6.07) is 6.38. The summed E-state index contributed by atoms with van der Waals surface area (Å²) in [5, 5.41) is 5.16. The number of benzene rings is 1. The van der Waals surface area contributed by atoms with Gasteiger partial charge in [0.1, 0.15) is 0 Å². The van der Waals surface area contributed by atoms with E-state index >= 15 is 0 Å². The van der Waals surface area contributed by atoms with E-state index in [0.29, 0.717) is 37.5 Å². The molecule has 3 atom stereocenters. The molecule has 8 nitrogen and oxygen atoms in total. The van der Waals surface area contributed by atoms with Crippen molar-refractivity contribution in [1.82, 2.24) is 15.1 Å². The monoisotopic (exact) mass is 388 g/mol. The molecule has 2 saturated heterocycles. The third kappa shape index (κ3) is 4.11. The van der Waals surface area contributed by atoms with Crippen molar-refractivity contribution in [2.24, 2.45) is 5.92 Å². The Balaban J connectivity index is 1.74. The number of anilines is 1. The fraction of sp³-hybridized carbons (Fsp3) is 0.550. The molecule has 2 fully saturated rings. The number of carbonyl (C=O) groups is 3. The van der Waals surface area contributed by atoms with Crippen LogP contribution in [0.15, 0.2) is 24.3 Å². The van der Waals surface area contributed by atoms with E-state index in [4.69, 9.17) is 4.74 Å². The highest BCUT2D eigenvalue weighted by atomic mass is 16.5. The maximum atomic E-state index is 13.2. The molecule has 3 rings (SSSR count). The average Bonchev–Trinajstić information content (AvgIpc) is 3.16. The van der Waals surface area contributed by atoms with Gasteiger partial charge in [-0.1, -0.05) is 19.9 Å². The van der Waals surface area contributed by atoms with Gasteiger partial charge in [0.25, 0.3) is 5.91 Å². The predicted octanol–water partition coefficient (Wildman–Crippen LogP) is 1.54. The molecule has 0 bridgehead atoms. The molecular weight excluding hydrogens is 360 g/mol. The van der Waals surface area contributed by atoms with Crippen molar-refractivity contribution in [1.29, 1.82) is 0 Å². The van der Waals surface area contributed by atoms with Crippen LogP contribution in [-0.4, -0.2) is 73.1 Å². The Bertz CT molecular complexity index is 753. The number of urea groups is 1. The van der Waals surface area contributed by atoms with Gasteiger partial charge in [-0.25, -0.2) is 4.79 Å². The zero-order chi connectivity index (χ0) is 20.3. The lowest BCUT2D eigenvalue weighted by atomic mass is 10.1. The first-order valence-electron chi connectivity index (χ1n) is 9.74. The Labute approximate surface area is 165 Å². The van der Waals surface area contributed by atoms with Crippen LogP contribution in [0.25, 0.3) is 0 Å². The smallest absolute Gasteiger partial charge is 0.318 e. The Morgan fingerprint density at radius 1 is 1.29 bits per heavy atom. The topological polar surface area (TPSA) is 91.0 Å². The molecule has 8 heteroatoms. The van der Waals surface area contributed by atoms with Crippen molar-refractivity contribution in [3.63, 3.8) is 0 Å². The van der Waals surface area contributed by atoms with Gasteiger partial charge >= 0.3 is 6.03 Å². The molecule has 0 saturated carbocycles. The molecule has 0 spiro atoms. The first-order chi connectivity index (χ1) is 13.4. The third-order valence-electron chi connectivity index (χ3n) is 5.50. The van der Waals surface area contributed by atoms with Crippen LogP contribution in [-0.2, 0) is 9.53 Å². The number of nitrogens with one attached hydrogen (secondary N) is 2. The first-order valence-corrected chi connectivity index (χ1v) is 9.74. The summed E-state index contributed by atoms with van der Waals surface area (Å²) >= 11 is 0. The summed E-state index contributed by atoms with van der Waals surface area (Å²) in [7, 11) is 1.53. The Morgan fingerprint density at radius 2 is 2.07 bits per heavy atom. The van der Waals surface area contributed by atoms with Crippen molar-refractivity contribution in [2.75, 3.05) is 38.6 Å². The van der Waals surface area contributed by atoms with Gasteiger partial charge in [0, 0.05) is 43.9 Å². The summed E-state index contributed by atoms with van der Waals surface area (Å²) in [5.41, 5.74) is 1.05. The molecule has 0 aliphatic carbocycles. The van der Waals surface area contributed by atoms with Crippen molar-refractivity contribution in [2.45, 2.75) is 32.4 Å². The molecule has 0 aromatic heterocycles.